The van der Waals surface area contributed by atoms with Crippen LogP contribution < -0.4 is 5.32 Å². The minimum absolute atomic E-state index is 0.104. The van der Waals surface area contributed by atoms with Crippen LogP contribution in [-0.4, -0.2) is 24.3 Å². The first-order chi connectivity index (χ1) is 5.83. The van der Waals surface area contributed by atoms with E-state index in [0.717, 1.165) is 25.8 Å². The summed E-state index contributed by atoms with van der Waals surface area (Å²) in [7, 11) is 0. The van der Waals surface area contributed by atoms with Gasteiger partial charge in [-0.05, 0) is 31.7 Å². The highest BCUT2D eigenvalue weighted by Gasteiger charge is 2.19. The second kappa shape index (κ2) is 5.13. The topological polar surface area (TPSA) is 56.0 Å². The number of hydrogen-bond donors (Lipinski definition) is 2. The van der Waals surface area contributed by atoms with Gasteiger partial charge in [0.1, 0.15) is 0 Å². The smallest absolute Gasteiger partial charge is 0.0841 e. The molecular formula is C9H16N2O. The number of nitrogens with zero attached hydrogens (tertiary/aromatic N) is 1. The number of nitrogens with one attached hydrogen (secondary N) is 1. The van der Waals surface area contributed by atoms with Crippen molar-refractivity contribution in [3.05, 3.63) is 0 Å². The fraction of sp³-hybridized carbons (Fsp3) is 0.889. The first-order valence-electron chi connectivity index (χ1n) is 4.58. The summed E-state index contributed by atoms with van der Waals surface area (Å²) in [6.45, 7) is 1.30. The third kappa shape index (κ3) is 3.21. The summed E-state index contributed by atoms with van der Waals surface area (Å²) in [6.07, 6.45) is 4.07. The zero-order valence-corrected chi connectivity index (χ0v) is 7.29. The first-order valence-corrected chi connectivity index (χ1v) is 4.58. The lowest BCUT2D eigenvalue weighted by molar-refractivity contribution is 0.101. The SMILES string of the molecule is N#CCNCC1CCCC(O)C1. The maximum atomic E-state index is 9.34. The van der Waals surface area contributed by atoms with Crippen molar-refractivity contribution in [2.75, 3.05) is 13.1 Å². The summed E-state index contributed by atoms with van der Waals surface area (Å²) < 4.78 is 0. The average Bonchev–Trinajstić information content (AvgIpc) is 2.05. The van der Waals surface area contributed by atoms with Gasteiger partial charge in [-0.25, -0.2) is 0 Å². The Balaban J connectivity index is 2.11. The highest BCUT2D eigenvalue weighted by Crippen LogP contribution is 2.23. The Morgan fingerprint density at radius 3 is 3.00 bits per heavy atom. The number of hydrogen-bond acceptors (Lipinski definition) is 3. The Hall–Kier alpha value is -0.590. The lowest BCUT2D eigenvalue weighted by atomic mass is 9.87. The van der Waals surface area contributed by atoms with E-state index in [0.29, 0.717) is 12.5 Å². The van der Waals surface area contributed by atoms with Gasteiger partial charge in [-0.3, -0.25) is 0 Å². The van der Waals surface area contributed by atoms with Crippen molar-refractivity contribution < 1.29 is 5.11 Å². The summed E-state index contributed by atoms with van der Waals surface area (Å²) in [5.74, 6) is 0.571. The molecule has 0 heterocycles. The van der Waals surface area contributed by atoms with Crippen LogP contribution in [0.4, 0.5) is 0 Å². The van der Waals surface area contributed by atoms with Gasteiger partial charge in [0.2, 0.25) is 0 Å². The molecule has 2 N–H and O–H groups in total. The Bertz CT molecular complexity index is 164. The van der Waals surface area contributed by atoms with Gasteiger partial charge < -0.3 is 10.4 Å². The Labute approximate surface area is 73.4 Å². The molecule has 3 nitrogen and oxygen atoms in total. The predicted octanol–water partition coefficient (Wildman–Crippen LogP) is 0.651. The van der Waals surface area contributed by atoms with E-state index in [2.05, 4.69) is 5.32 Å². The lowest BCUT2D eigenvalue weighted by Crippen LogP contribution is -2.29. The Morgan fingerprint density at radius 2 is 2.33 bits per heavy atom. The second-order valence-corrected chi connectivity index (χ2v) is 3.48. The van der Waals surface area contributed by atoms with Crippen LogP contribution in [0, 0.1) is 17.2 Å². The summed E-state index contributed by atoms with van der Waals surface area (Å²) in [5.41, 5.74) is 0. The molecule has 68 valence electrons. The molecule has 2 atom stereocenters. The van der Waals surface area contributed by atoms with Crippen molar-refractivity contribution in [1.29, 1.82) is 5.26 Å². The summed E-state index contributed by atoms with van der Waals surface area (Å²) in [6, 6.07) is 2.04. The standard InChI is InChI=1S/C9H16N2O/c10-4-5-11-7-8-2-1-3-9(12)6-8/h8-9,11-12H,1-3,5-7H2. The molecule has 1 saturated carbocycles. The summed E-state index contributed by atoms with van der Waals surface area (Å²) in [5, 5.41) is 20.7. The molecule has 0 bridgehead atoms. The van der Waals surface area contributed by atoms with E-state index in [9.17, 15) is 5.11 Å². The molecule has 3 heteroatoms. The van der Waals surface area contributed by atoms with Crippen LogP contribution in [0.5, 0.6) is 0 Å². The van der Waals surface area contributed by atoms with Gasteiger partial charge in [-0.1, -0.05) is 6.42 Å². The van der Waals surface area contributed by atoms with Crippen LogP contribution in [-0.2, 0) is 0 Å². The lowest BCUT2D eigenvalue weighted by Gasteiger charge is -2.25. The molecule has 2 unspecified atom stereocenters. The van der Waals surface area contributed by atoms with Crippen molar-refractivity contribution in [3.8, 4) is 6.07 Å². The molecule has 1 aliphatic carbocycles. The van der Waals surface area contributed by atoms with Crippen LogP contribution in [0.1, 0.15) is 25.7 Å². The normalized spacial score (nSPS) is 29.7. The predicted molar refractivity (Wildman–Crippen MR) is 46.4 cm³/mol. The van der Waals surface area contributed by atoms with Gasteiger partial charge >= 0.3 is 0 Å². The van der Waals surface area contributed by atoms with Crippen LogP contribution in [0.15, 0.2) is 0 Å². The molecule has 0 amide bonds. The van der Waals surface area contributed by atoms with E-state index in [4.69, 9.17) is 5.26 Å². The van der Waals surface area contributed by atoms with Gasteiger partial charge in [0.15, 0.2) is 0 Å². The number of aliphatic hydroxyl groups is 1. The fourth-order valence-electron chi connectivity index (χ4n) is 1.78. The second-order valence-electron chi connectivity index (χ2n) is 3.48. The van der Waals surface area contributed by atoms with Crippen molar-refractivity contribution in [2.45, 2.75) is 31.8 Å². The highest BCUT2D eigenvalue weighted by atomic mass is 16.3. The van der Waals surface area contributed by atoms with Crippen molar-refractivity contribution in [1.82, 2.24) is 5.32 Å². The maximum Gasteiger partial charge on any atom is 0.0841 e. The Morgan fingerprint density at radius 1 is 1.50 bits per heavy atom. The van der Waals surface area contributed by atoms with Crippen LogP contribution >= 0.6 is 0 Å². The molecule has 1 rings (SSSR count). The quantitative estimate of drug-likeness (QED) is 0.480. The number of aliphatic hydroxyl groups excluding tert-OH is 1. The zero-order chi connectivity index (χ0) is 8.81. The van der Waals surface area contributed by atoms with Crippen molar-refractivity contribution in [3.63, 3.8) is 0 Å². The van der Waals surface area contributed by atoms with Crippen LogP contribution in [0.25, 0.3) is 0 Å². The largest absolute Gasteiger partial charge is 0.393 e. The van der Waals surface area contributed by atoms with Crippen molar-refractivity contribution in [2.24, 2.45) is 5.92 Å². The molecule has 0 saturated heterocycles. The fourth-order valence-corrected chi connectivity index (χ4v) is 1.78. The van der Waals surface area contributed by atoms with E-state index < -0.39 is 0 Å². The molecule has 12 heavy (non-hydrogen) atoms. The Kier molecular flexibility index (Phi) is 4.06. The molecule has 1 aliphatic rings. The van der Waals surface area contributed by atoms with E-state index in [1.807, 2.05) is 6.07 Å². The molecule has 0 aromatic carbocycles. The third-order valence-electron chi connectivity index (χ3n) is 2.39. The van der Waals surface area contributed by atoms with E-state index >= 15 is 0 Å². The molecule has 0 aromatic heterocycles. The summed E-state index contributed by atoms with van der Waals surface area (Å²) >= 11 is 0. The van der Waals surface area contributed by atoms with E-state index in [1.165, 1.54) is 6.42 Å². The molecule has 0 aromatic rings. The van der Waals surface area contributed by atoms with Gasteiger partial charge in [0, 0.05) is 0 Å². The van der Waals surface area contributed by atoms with Gasteiger partial charge in [0.05, 0.1) is 18.7 Å². The number of nitriles is 1. The average molecular weight is 168 g/mol. The van der Waals surface area contributed by atoms with Gasteiger partial charge in [-0.15, -0.1) is 0 Å². The monoisotopic (exact) mass is 168 g/mol. The zero-order valence-electron chi connectivity index (χ0n) is 7.29. The minimum atomic E-state index is -0.104. The van der Waals surface area contributed by atoms with E-state index in [-0.39, 0.29) is 6.10 Å². The summed E-state index contributed by atoms with van der Waals surface area (Å²) in [4.78, 5) is 0. The van der Waals surface area contributed by atoms with Crippen LogP contribution in [0.3, 0.4) is 0 Å². The number of rotatable bonds is 3. The first kappa shape index (κ1) is 9.50. The molecule has 0 radical (unpaired) electrons. The molecule has 0 spiro atoms. The van der Waals surface area contributed by atoms with Gasteiger partial charge in [0.25, 0.3) is 0 Å². The molecule has 1 fully saturated rings. The third-order valence-corrected chi connectivity index (χ3v) is 2.39. The highest BCUT2D eigenvalue weighted by molar-refractivity contribution is 4.77. The maximum absolute atomic E-state index is 9.34. The van der Waals surface area contributed by atoms with Crippen LogP contribution in [0.2, 0.25) is 0 Å². The van der Waals surface area contributed by atoms with Gasteiger partial charge in [-0.2, -0.15) is 5.26 Å². The van der Waals surface area contributed by atoms with Crippen molar-refractivity contribution >= 4 is 0 Å². The van der Waals surface area contributed by atoms with E-state index in [1.54, 1.807) is 0 Å². The molecule has 0 aliphatic heterocycles. The molecular weight excluding hydrogens is 152 g/mol. The minimum Gasteiger partial charge on any atom is -0.393 e.